The van der Waals surface area contributed by atoms with E-state index in [4.69, 9.17) is 9.26 Å². The lowest BCUT2D eigenvalue weighted by Crippen LogP contribution is -2.22. The van der Waals surface area contributed by atoms with Gasteiger partial charge < -0.3 is 9.26 Å². The summed E-state index contributed by atoms with van der Waals surface area (Å²) in [6, 6.07) is 10.7. The van der Waals surface area contributed by atoms with E-state index < -0.39 is 0 Å². The molecule has 1 atom stereocenters. The Morgan fingerprint density at radius 2 is 2.24 bits per heavy atom. The van der Waals surface area contributed by atoms with Crippen LogP contribution in [0.15, 0.2) is 34.9 Å². The van der Waals surface area contributed by atoms with Gasteiger partial charge in [0.25, 0.3) is 0 Å². The summed E-state index contributed by atoms with van der Waals surface area (Å²) in [5.74, 6) is 1.97. The van der Waals surface area contributed by atoms with Crippen molar-refractivity contribution in [3.8, 4) is 5.75 Å². The summed E-state index contributed by atoms with van der Waals surface area (Å²) in [4.78, 5) is 2.46. The first-order chi connectivity index (χ1) is 10.3. The fraction of sp³-hybridized carbons (Fsp3) is 0.471. The molecule has 2 heterocycles. The lowest BCUT2D eigenvalue weighted by Gasteiger charge is -2.23. The topological polar surface area (TPSA) is 38.5 Å². The minimum Gasteiger partial charge on any atom is -0.494 e. The lowest BCUT2D eigenvalue weighted by atomic mass is 10.1. The van der Waals surface area contributed by atoms with Gasteiger partial charge in [-0.05, 0) is 39.3 Å². The first-order valence-corrected chi connectivity index (χ1v) is 7.66. The van der Waals surface area contributed by atoms with E-state index >= 15 is 0 Å². The van der Waals surface area contributed by atoms with Crippen molar-refractivity contribution in [3.05, 3.63) is 47.3 Å². The van der Waals surface area contributed by atoms with Gasteiger partial charge in [-0.15, -0.1) is 0 Å². The molecule has 1 fully saturated rings. The van der Waals surface area contributed by atoms with E-state index in [9.17, 15) is 0 Å². The number of likely N-dealkylation sites (tertiary alicyclic amines) is 1. The Kier molecular flexibility index (Phi) is 4.25. The highest BCUT2D eigenvalue weighted by Crippen LogP contribution is 2.34. The van der Waals surface area contributed by atoms with E-state index in [1.807, 2.05) is 26.0 Å². The van der Waals surface area contributed by atoms with Crippen molar-refractivity contribution >= 4 is 0 Å². The Balaban J connectivity index is 1.77. The number of hydrogen-bond acceptors (Lipinski definition) is 4. The number of hydrogen-bond donors (Lipinski definition) is 0. The van der Waals surface area contributed by atoms with Gasteiger partial charge >= 0.3 is 0 Å². The van der Waals surface area contributed by atoms with Crippen LogP contribution in [0.2, 0.25) is 0 Å². The highest BCUT2D eigenvalue weighted by atomic mass is 16.5. The van der Waals surface area contributed by atoms with E-state index in [2.05, 4.69) is 28.3 Å². The molecule has 1 aromatic heterocycles. The molecule has 0 amide bonds. The number of ether oxygens (including phenoxy) is 1. The van der Waals surface area contributed by atoms with Crippen molar-refractivity contribution in [1.82, 2.24) is 10.1 Å². The van der Waals surface area contributed by atoms with Crippen LogP contribution in [0.1, 0.15) is 42.8 Å². The van der Waals surface area contributed by atoms with Gasteiger partial charge in [-0.3, -0.25) is 4.90 Å². The molecule has 0 bridgehead atoms. The number of benzene rings is 1. The average molecular weight is 286 g/mol. The molecule has 21 heavy (non-hydrogen) atoms. The molecule has 0 spiro atoms. The predicted molar refractivity (Wildman–Crippen MR) is 81.2 cm³/mol. The molecule has 1 aromatic carbocycles. The summed E-state index contributed by atoms with van der Waals surface area (Å²) in [5, 5.41) is 4.02. The van der Waals surface area contributed by atoms with Crippen LogP contribution in [0.25, 0.3) is 0 Å². The number of rotatable bonds is 5. The molecule has 0 unspecified atom stereocenters. The summed E-state index contributed by atoms with van der Waals surface area (Å²) in [7, 11) is 0. The Bertz CT molecular complexity index is 594. The normalized spacial score (nSPS) is 19.0. The van der Waals surface area contributed by atoms with Crippen molar-refractivity contribution in [1.29, 1.82) is 0 Å². The molecule has 3 rings (SSSR count). The third kappa shape index (κ3) is 3.10. The van der Waals surface area contributed by atoms with Gasteiger partial charge in [0.05, 0.1) is 18.3 Å². The maximum Gasteiger partial charge on any atom is 0.154 e. The first kappa shape index (κ1) is 14.1. The fourth-order valence-electron chi connectivity index (χ4n) is 3.03. The Labute approximate surface area is 125 Å². The third-order valence-corrected chi connectivity index (χ3v) is 3.98. The zero-order valence-electron chi connectivity index (χ0n) is 12.7. The second kappa shape index (κ2) is 6.31. The van der Waals surface area contributed by atoms with Crippen molar-refractivity contribution in [3.63, 3.8) is 0 Å². The van der Waals surface area contributed by atoms with E-state index in [0.717, 1.165) is 36.7 Å². The summed E-state index contributed by atoms with van der Waals surface area (Å²) < 4.78 is 11.2. The van der Waals surface area contributed by atoms with Crippen LogP contribution in [0, 0.1) is 6.92 Å². The molecule has 4 nitrogen and oxygen atoms in total. The quantitative estimate of drug-likeness (QED) is 0.839. The summed E-state index contributed by atoms with van der Waals surface area (Å²) in [5.41, 5.74) is 2.19. The van der Waals surface area contributed by atoms with Crippen LogP contribution in [-0.2, 0) is 6.54 Å². The molecule has 0 aliphatic carbocycles. The van der Waals surface area contributed by atoms with Crippen LogP contribution in [0.3, 0.4) is 0 Å². The number of para-hydroxylation sites is 1. The monoisotopic (exact) mass is 286 g/mol. The highest BCUT2D eigenvalue weighted by Gasteiger charge is 2.29. The van der Waals surface area contributed by atoms with Crippen LogP contribution in [0.4, 0.5) is 0 Å². The largest absolute Gasteiger partial charge is 0.494 e. The maximum absolute atomic E-state index is 5.73. The summed E-state index contributed by atoms with van der Waals surface area (Å²) in [6.45, 7) is 6.66. The number of aromatic nitrogens is 1. The van der Waals surface area contributed by atoms with Gasteiger partial charge in [0, 0.05) is 18.2 Å². The summed E-state index contributed by atoms with van der Waals surface area (Å²) >= 11 is 0. The molecule has 0 N–H and O–H groups in total. The van der Waals surface area contributed by atoms with E-state index in [0.29, 0.717) is 12.6 Å². The third-order valence-electron chi connectivity index (χ3n) is 3.98. The van der Waals surface area contributed by atoms with Gasteiger partial charge in [0.2, 0.25) is 0 Å². The first-order valence-electron chi connectivity index (χ1n) is 7.66. The van der Waals surface area contributed by atoms with Gasteiger partial charge in [-0.2, -0.15) is 0 Å². The molecular formula is C17H22N2O2. The van der Waals surface area contributed by atoms with Gasteiger partial charge in [0.15, 0.2) is 5.76 Å². The Morgan fingerprint density at radius 3 is 3.00 bits per heavy atom. The molecule has 1 aliphatic rings. The zero-order valence-corrected chi connectivity index (χ0v) is 12.7. The Morgan fingerprint density at radius 1 is 1.38 bits per heavy atom. The highest BCUT2D eigenvalue weighted by molar-refractivity contribution is 5.33. The standard InChI is InChI=1S/C17H22N2O2/c1-3-20-16-9-5-4-7-14(16)12-19-10-6-8-15(19)17-11-13(2)18-21-17/h4-5,7,9,11,15H,3,6,8,10,12H2,1-2H3/t15-/m1/s1. The van der Waals surface area contributed by atoms with Crippen molar-refractivity contribution in [2.45, 2.75) is 39.3 Å². The second-order valence-corrected chi connectivity index (χ2v) is 5.54. The Hall–Kier alpha value is -1.81. The zero-order chi connectivity index (χ0) is 14.7. The minimum absolute atomic E-state index is 0.334. The average Bonchev–Trinajstić information content (AvgIpc) is 3.10. The lowest BCUT2D eigenvalue weighted by molar-refractivity contribution is 0.203. The molecule has 2 aromatic rings. The molecule has 0 saturated carbocycles. The van der Waals surface area contributed by atoms with Crippen LogP contribution >= 0.6 is 0 Å². The van der Waals surface area contributed by atoms with Gasteiger partial charge in [-0.25, -0.2) is 0 Å². The maximum atomic E-state index is 5.73. The van der Waals surface area contributed by atoms with Crippen LogP contribution < -0.4 is 4.74 Å². The van der Waals surface area contributed by atoms with E-state index in [1.54, 1.807) is 0 Å². The predicted octanol–water partition coefficient (Wildman–Crippen LogP) is 3.72. The van der Waals surface area contributed by atoms with E-state index in [1.165, 1.54) is 12.0 Å². The van der Waals surface area contributed by atoms with Crippen LogP contribution in [0.5, 0.6) is 5.75 Å². The molecule has 1 aliphatic heterocycles. The minimum atomic E-state index is 0.334. The van der Waals surface area contributed by atoms with Gasteiger partial charge in [-0.1, -0.05) is 23.4 Å². The smallest absolute Gasteiger partial charge is 0.154 e. The second-order valence-electron chi connectivity index (χ2n) is 5.54. The van der Waals surface area contributed by atoms with Crippen molar-refractivity contribution in [2.24, 2.45) is 0 Å². The van der Waals surface area contributed by atoms with Gasteiger partial charge in [0.1, 0.15) is 5.75 Å². The molecule has 112 valence electrons. The molecule has 0 radical (unpaired) electrons. The molecular weight excluding hydrogens is 264 g/mol. The molecule has 1 saturated heterocycles. The SMILES string of the molecule is CCOc1ccccc1CN1CCC[C@@H]1c1cc(C)no1. The van der Waals surface area contributed by atoms with Crippen LogP contribution in [-0.4, -0.2) is 23.2 Å². The fourth-order valence-corrected chi connectivity index (χ4v) is 3.03. The van der Waals surface area contributed by atoms with Crippen molar-refractivity contribution in [2.75, 3.05) is 13.2 Å². The number of aryl methyl sites for hydroxylation is 1. The number of nitrogens with zero attached hydrogens (tertiary/aromatic N) is 2. The van der Waals surface area contributed by atoms with E-state index in [-0.39, 0.29) is 0 Å². The summed E-state index contributed by atoms with van der Waals surface area (Å²) in [6.07, 6.45) is 2.33. The van der Waals surface area contributed by atoms with Crippen molar-refractivity contribution < 1.29 is 9.26 Å². The molecule has 4 heteroatoms.